The fourth-order valence-corrected chi connectivity index (χ4v) is 3.10. The summed E-state index contributed by atoms with van der Waals surface area (Å²) in [6.07, 6.45) is 2.75. The highest BCUT2D eigenvalue weighted by atomic mass is 32.2. The first-order valence-corrected chi connectivity index (χ1v) is 10.1. The fourth-order valence-electron chi connectivity index (χ4n) is 2.31. The second kappa shape index (κ2) is 8.04. The van der Waals surface area contributed by atoms with Crippen molar-refractivity contribution in [3.05, 3.63) is 54.5 Å². The quantitative estimate of drug-likeness (QED) is 0.582. The van der Waals surface area contributed by atoms with Crippen LogP contribution in [0, 0.1) is 11.3 Å². The van der Waals surface area contributed by atoms with Crippen LogP contribution in [0.1, 0.15) is 12.6 Å². The van der Waals surface area contributed by atoms with Gasteiger partial charge >= 0.3 is 0 Å². The summed E-state index contributed by atoms with van der Waals surface area (Å²) >= 11 is 0. The minimum atomic E-state index is -3.42. The number of hydrogen-bond donors (Lipinski definition) is 2. The summed E-state index contributed by atoms with van der Waals surface area (Å²) in [5, 5.41) is 9.14. The van der Waals surface area contributed by atoms with Crippen molar-refractivity contribution in [2.45, 2.75) is 11.9 Å². The molecule has 0 amide bonds. The number of anilines is 2. The van der Waals surface area contributed by atoms with Gasteiger partial charge in [-0.15, -0.1) is 0 Å². The van der Waals surface area contributed by atoms with Crippen LogP contribution in [0.3, 0.4) is 0 Å². The number of nitrogen functional groups attached to an aromatic ring is 2. The number of rotatable bonds is 6. The summed E-state index contributed by atoms with van der Waals surface area (Å²) in [6, 6.07) is 10.9. The molecule has 2 aromatic heterocycles. The van der Waals surface area contributed by atoms with E-state index in [1.807, 2.05) is 6.07 Å². The largest absolute Gasteiger partial charge is 0.452 e. The standard InChI is InChI=1S/C19H17N5O4S/c1-2-29(25,26)19-6-5-12(11-24-19)27-17-8-13(21)14(22)9-18(17)28-16-4-3-7-23-15(16)10-20/h3-9,11H,2,21-22H2,1H3. The van der Waals surface area contributed by atoms with Crippen molar-refractivity contribution >= 4 is 21.2 Å². The highest BCUT2D eigenvalue weighted by Gasteiger charge is 2.16. The van der Waals surface area contributed by atoms with E-state index in [4.69, 9.17) is 20.9 Å². The Morgan fingerprint density at radius 1 is 1.03 bits per heavy atom. The molecule has 0 spiro atoms. The zero-order valence-corrected chi connectivity index (χ0v) is 16.2. The summed E-state index contributed by atoms with van der Waals surface area (Å²) in [6.45, 7) is 1.54. The Kier molecular flexibility index (Phi) is 5.52. The van der Waals surface area contributed by atoms with Gasteiger partial charge in [-0.05, 0) is 24.3 Å². The zero-order valence-electron chi connectivity index (χ0n) is 15.4. The number of aromatic nitrogens is 2. The first kappa shape index (κ1) is 19.9. The van der Waals surface area contributed by atoms with Gasteiger partial charge in [0.2, 0.25) is 0 Å². The predicted octanol–water partition coefficient (Wildman–Crippen LogP) is 2.89. The molecule has 2 heterocycles. The Morgan fingerprint density at radius 3 is 2.31 bits per heavy atom. The molecule has 29 heavy (non-hydrogen) atoms. The molecule has 0 unspecified atom stereocenters. The van der Waals surface area contributed by atoms with E-state index < -0.39 is 9.84 Å². The normalized spacial score (nSPS) is 10.9. The molecule has 9 nitrogen and oxygen atoms in total. The smallest absolute Gasteiger partial charge is 0.195 e. The number of pyridine rings is 2. The average Bonchev–Trinajstić information content (AvgIpc) is 2.72. The molecule has 148 valence electrons. The van der Waals surface area contributed by atoms with Gasteiger partial charge in [-0.1, -0.05) is 6.92 Å². The molecule has 0 saturated heterocycles. The van der Waals surface area contributed by atoms with E-state index in [-0.39, 0.29) is 50.8 Å². The second-order valence-electron chi connectivity index (χ2n) is 5.83. The molecule has 0 aliphatic rings. The van der Waals surface area contributed by atoms with Crippen LogP contribution in [0.15, 0.2) is 53.8 Å². The van der Waals surface area contributed by atoms with Crippen LogP contribution in [0.2, 0.25) is 0 Å². The third-order valence-corrected chi connectivity index (χ3v) is 5.52. The Bertz CT molecular complexity index is 1190. The van der Waals surface area contributed by atoms with Gasteiger partial charge in [0, 0.05) is 18.3 Å². The van der Waals surface area contributed by atoms with E-state index in [9.17, 15) is 13.7 Å². The first-order chi connectivity index (χ1) is 13.8. The molecule has 0 aliphatic carbocycles. The SMILES string of the molecule is CCS(=O)(=O)c1ccc(Oc2cc(N)c(N)cc2Oc2cccnc2C#N)cn1. The Morgan fingerprint density at radius 2 is 1.72 bits per heavy atom. The van der Waals surface area contributed by atoms with Crippen molar-refractivity contribution in [2.75, 3.05) is 17.2 Å². The summed E-state index contributed by atoms with van der Waals surface area (Å²) < 4.78 is 35.3. The molecule has 4 N–H and O–H groups in total. The molecule has 3 rings (SSSR count). The zero-order chi connectivity index (χ0) is 21.0. The van der Waals surface area contributed by atoms with Crippen LogP contribution in [0.4, 0.5) is 11.4 Å². The molecule has 0 radical (unpaired) electrons. The number of hydrogen-bond acceptors (Lipinski definition) is 9. The van der Waals surface area contributed by atoms with Crippen molar-refractivity contribution in [3.8, 4) is 29.1 Å². The number of nitrogens with two attached hydrogens (primary N) is 2. The lowest BCUT2D eigenvalue weighted by atomic mass is 10.2. The molecule has 10 heteroatoms. The summed E-state index contributed by atoms with van der Waals surface area (Å²) in [4.78, 5) is 7.87. The van der Waals surface area contributed by atoms with E-state index in [1.54, 1.807) is 12.1 Å². The topological polar surface area (TPSA) is 154 Å². The predicted molar refractivity (Wildman–Crippen MR) is 106 cm³/mol. The molecule has 3 aromatic rings. The van der Waals surface area contributed by atoms with E-state index in [0.29, 0.717) is 0 Å². The van der Waals surface area contributed by atoms with Gasteiger partial charge in [-0.3, -0.25) is 0 Å². The molecular formula is C19H17N5O4S. The summed E-state index contributed by atoms with van der Waals surface area (Å²) in [5.41, 5.74) is 12.4. The number of nitrogens with zero attached hydrogens (tertiary/aromatic N) is 3. The van der Waals surface area contributed by atoms with E-state index in [1.165, 1.54) is 43.6 Å². The monoisotopic (exact) mass is 411 g/mol. The van der Waals surface area contributed by atoms with Gasteiger partial charge < -0.3 is 20.9 Å². The van der Waals surface area contributed by atoms with Gasteiger partial charge in [0.25, 0.3) is 0 Å². The van der Waals surface area contributed by atoms with Crippen molar-refractivity contribution in [3.63, 3.8) is 0 Å². The summed E-state index contributed by atoms with van der Waals surface area (Å²) in [7, 11) is -3.42. The maximum absolute atomic E-state index is 11.9. The van der Waals surface area contributed by atoms with Gasteiger partial charge in [0.15, 0.2) is 37.8 Å². The highest BCUT2D eigenvalue weighted by Crippen LogP contribution is 2.39. The highest BCUT2D eigenvalue weighted by molar-refractivity contribution is 7.91. The third-order valence-electron chi connectivity index (χ3n) is 3.88. The number of nitriles is 1. The number of ether oxygens (including phenoxy) is 2. The van der Waals surface area contributed by atoms with Crippen molar-refractivity contribution in [1.29, 1.82) is 5.26 Å². The molecular weight excluding hydrogens is 394 g/mol. The Balaban J connectivity index is 1.95. The molecule has 0 fully saturated rings. The van der Waals surface area contributed by atoms with Crippen LogP contribution in [-0.4, -0.2) is 24.1 Å². The summed E-state index contributed by atoms with van der Waals surface area (Å²) in [5.74, 6) is 0.829. The molecule has 0 saturated carbocycles. The third kappa shape index (κ3) is 4.36. The van der Waals surface area contributed by atoms with Crippen molar-refractivity contribution in [2.24, 2.45) is 0 Å². The number of sulfone groups is 1. The maximum atomic E-state index is 11.9. The molecule has 0 bridgehead atoms. The Labute approximate surface area is 167 Å². The molecule has 0 atom stereocenters. The lowest BCUT2D eigenvalue weighted by molar-refractivity contribution is 0.416. The second-order valence-corrected chi connectivity index (χ2v) is 8.05. The first-order valence-electron chi connectivity index (χ1n) is 8.42. The lowest BCUT2D eigenvalue weighted by Crippen LogP contribution is -2.05. The van der Waals surface area contributed by atoms with E-state index in [2.05, 4.69) is 9.97 Å². The average molecular weight is 411 g/mol. The van der Waals surface area contributed by atoms with Gasteiger partial charge in [-0.25, -0.2) is 18.4 Å². The van der Waals surface area contributed by atoms with Crippen LogP contribution in [0.25, 0.3) is 0 Å². The van der Waals surface area contributed by atoms with Gasteiger partial charge in [0.05, 0.1) is 23.3 Å². The van der Waals surface area contributed by atoms with Crippen LogP contribution in [-0.2, 0) is 9.84 Å². The lowest BCUT2D eigenvalue weighted by Gasteiger charge is -2.14. The van der Waals surface area contributed by atoms with Crippen LogP contribution < -0.4 is 20.9 Å². The van der Waals surface area contributed by atoms with Gasteiger partial charge in [0.1, 0.15) is 11.8 Å². The minimum absolute atomic E-state index is 0.0466. The van der Waals surface area contributed by atoms with E-state index in [0.717, 1.165) is 0 Å². The van der Waals surface area contributed by atoms with Crippen molar-refractivity contribution in [1.82, 2.24) is 9.97 Å². The molecule has 0 aliphatic heterocycles. The molecule has 1 aromatic carbocycles. The van der Waals surface area contributed by atoms with Gasteiger partial charge in [-0.2, -0.15) is 5.26 Å². The maximum Gasteiger partial charge on any atom is 0.195 e. The number of benzene rings is 1. The Hall–Kier alpha value is -3.84. The van der Waals surface area contributed by atoms with Crippen LogP contribution >= 0.6 is 0 Å². The van der Waals surface area contributed by atoms with Crippen LogP contribution in [0.5, 0.6) is 23.0 Å². The minimum Gasteiger partial charge on any atom is -0.452 e. The van der Waals surface area contributed by atoms with E-state index >= 15 is 0 Å². The van der Waals surface area contributed by atoms with Crippen molar-refractivity contribution < 1.29 is 17.9 Å². The fraction of sp³-hybridized carbons (Fsp3) is 0.105.